The lowest BCUT2D eigenvalue weighted by Crippen LogP contribution is -1.89. The fourth-order valence-corrected chi connectivity index (χ4v) is 1.65. The molecule has 0 saturated carbocycles. The monoisotopic (exact) mass is 211 g/mol. The van der Waals surface area contributed by atoms with Crippen molar-refractivity contribution in [2.24, 2.45) is 7.05 Å². The molecule has 0 aliphatic heterocycles. The van der Waals surface area contributed by atoms with Gasteiger partial charge in [0.25, 0.3) is 0 Å². The summed E-state index contributed by atoms with van der Waals surface area (Å²) in [7, 11) is 1.89. The first-order valence-electron chi connectivity index (χ1n) is 4.01. The number of hydrogen-bond acceptors (Lipinski definition) is 6. The molecule has 2 aromatic heterocycles. The highest BCUT2D eigenvalue weighted by molar-refractivity contribution is 7.98. The molecule has 0 amide bonds. The molecule has 0 N–H and O–H groups in total. The van der Waals surface area contributed by atoms with Crippen molar-refractivity contribution in [3.05, 3.63) is 18.0 Å². The molecule has 0 atom stereocenters. The minimum Gasteiger partial charge on any atom is -0.338 e. The zero-order valence-electron chi connectivity index (χ0n) is 7.84. The first kappa shape index (κ1) is 9.20. The minimum absolute atomic E-state index is 0.607. The molecule has 0 aliphatic rings. The van der Waals surface area contributed by atoms with E-state index in [1.165, 1.54) is 11.8 Å². The fourth-order valence-electron chi connectivity index (χ4n) is 0.928. The summed E-state index contributed by atoms with van der Waals surface area (Å²) < 4.78 is 6.80. The normalized spacial score (nSPS) is 10.7. The van der Waals surface area contributed by atoms with E-state index in [2.05, 4.69) is 20.3 Å². The molecular weight excluding hydrogens is 202 g/mol. The Labute approximate surface area is 84.7 Å². The maximum Gasteiger partial charge on any atom is 0.237 e. The summed E-state index contributed by atoms with van der Waals surface area (Å²) in [5, 5.41) is 12.2. The van der Waals surface area contributed by atoms with Crippen LogP contribution in [0.5, 0.6) is 0 Å². The van der Waals surface area contributed by atoms with Gasteiger partial charge >= 0.3 is 0 Å². The second-order valence-electron chi connectivity index (χ2n) is 2.75. The Bertz CT molecular complexity index is 423. The maximum absolute atomic E-state index is 4.96. The van der Waals surface area contributed by atoms with E-state index in [1.54, 1.807) is 13.3 Å². The highest BCUT2D eigenvalue weighted by Gasteiger charge is 2.06. The van der Waals surface area contributed by atoms with Crippen LogP contribution in [-0.4, -0.2) is 24.9 Å². The van der Waals surface area contributed by atoms with Crippen LogP contribution in [0.25, 0.3) is 0 Å². The first-order chi connectivity index (χ1) is 6.75. The van der Waals surface area contributed by atoms with Crippen molar-refractivity contribution in [1.82, 2.24) is 24.9 Å². The van der Waals surface area contributed by atoms with Crippen LogP contribution >= 0.6 is 11.8 Å². The van der Waals surface area contributed by atoms with E-state index in [-0.39, 0.29) is 0 Å². The van der Waals surface area contributed by atoms with Gasteiger partial charge in [-0.15, -0.1) is 10.2 Å². The Hall–Kier alpha value is -1.37. The zero-order chi connectivity index (χ0) is 9.97. The van der Waals surface area contributed by atoms with Crippen molar-refractivity contribution in [1.29, 1.82) is 0 Å². The van der Waals surface area contributed by atoms with E-state index < -0.39 is 0 Å². The molecule has 6 nitrogen and oxygen atoms in total. The number of aryl methyl sites for hydroxylation is 2. The van der Waals surface area contributed by atoms with Gasteiger partial charge in [-0.3, -0.25) is 0 Å². The summed E-state index contributed by atoms with van der Waals surface area (Å²) in [6.07, 6.45) is 1.65. The Balaban J connectivity index is 1.98. The van der Waals surface area contributed by atoms with Gasteiger partial charge in [0.15, 0.2) is 11.0 Å². The highest BCUT2D eigenvalue weighted by atomic mass is 32.2. The molecule has 74 valence electrons. The van der Waals surface area contributed by atoms with Gasteiger partial charge in [-0.05, 0) is 6.92 Å². The lowest BCUT2D eigenvalue weighted by Gasteiger charge is -1.95. The Kier molecular flexibility index (Phi) is 2.49. The number of aromatic nitrogens is 5. The van der Waals surface area contributed by atoms with Crippen molar-refractivity contribution in [2.75, 3.05) is 0 Å². The predicted octanol–water partition coefficient (Wildman–Crippen LogP) is 0.799. The van der Waals surface area contributed by atoms with E-state index in [1.807, 2.05) is 11.6 Å². The molecular formula is C7H9N5OS. The van der Waals surface area contributed by atoms with Crippen LogP contribution in [0.2, 0.25) is 0 Å². The lowest BCUT2D eigenvalue weighted by molar-refractivity contribution is 0.387. The third-order valence-electron chi connectivity index (χ3n) is 1.56. The van der Waals surface area contributed by atoms with Crippen LogP contribution in [0.15, 0.2) is 16.0 Å². The highest BCUT2D eigenvalue weighted by Crippen LogP contribution is 2.18. The van der Waals surface area contributed by atoms with E-state index in [9.17, 15) is 0 Å². The minimum atomic E-state index is 0.607. The molecule has 14 heavy (non-hydrogen) atoms. The molecule has 0 aromatic carbocycles. The summed E-state index contributed by atoms with van der Waals surface area (Å²) in [5.41, 5.74) is 0. The van der Waals surface area contributed by atoms with E-state index in [0.717, 1.165) is 5.16 Å². The lowest BCUT2D eigenvalue weighted by atomic mass is 10.7. The summed E-state index contributed by atoms with van der Waals surface area (Å²) in [5.74, 6) is 1.88. The largest absolute Gasteiger partial charge is 0.338 e. The molecule has 0 radical (unpaired) electrons. The quantitative estimate of drug-likeness (QED) is 0.699. The zero-order valence-corrected chi connectivity index (χ0v) is 8.65. The van der Waals surface area contributed by atoms with Gasteiger partial charge in [-0.1, -0.05) is 16.9 Å². The second-order valence-corrected chi connectivity index (χ2v) is 3.69. The second kappa shape index (κ2) is 3.79. The molecule has 2 rings (SSSR count). The Morgan fingerprint density at radius 2 is 2.43 bits per heavy atom. The van der Waals surface area contributed by atoms with E-state index in [4.69, 9.17) is 4.52 Å². The number of thioether (sulfide) groups is 1. The Morgan fingerprint density at radius 1 is 1.57 bits per heavy atom. The molecule has 0 bridgehead atoms. The van der Waals surface area contributed by atoms with Crippen LogP contribution in [-0.2, 0) is 12.8 Å². The van der Waals surface area contributed by atoms with Crippen LogP contribution in [0.4, 0.5) is 0 Å². The molecule has 2 heterocycles. The summed E-state index contributed by atoms with van der Waals surface area (Å²) in [6, 6.07) is 0. The summed E-state index contributed by atoms with van der Waals surface area (Å²) in [6.45, 7) is 1.79. The molecule has 0 unspecified atom stereocenters. The van der Waals surface area contributed by atoms with Gasteiger partial charge in [0, 0.05) is 7.05 Å². The van der Waals surface area contributed by atoms with Crippen molar-refractivity contribution in [2.45, 2.75) is 17.8 Å². The molecule has 7 heteroatoms. The van der Waals surface area contributed by atoms with Crippen molar-refractivity contribution in [3.8, 4) is 0 Å². The van der Waals surface area contributed by atoms with Crippen molar-refractivity contribution in [3.63, 3.8) is 0 Å². The van der Waals surface area contributed by atoms with Gasteiger partial charge in [0.05, 0.1) is 5.75 Å². The SMILES string of the molecule is Cc1noc(CSc2nncn2C)n1. The summed E-state index contributed by atoms with van der Waals surface area (Å²) in [4.78, 5) is 4.08. The van der Waals surface area contributed by atoms with Crippen molar-refractivity contribution < 1.29 is 4.52 Å². The van der Waals surface area contributed by atoms with Crippen LogP contribution in [0, 0.1) is 6.92 Å². The number of hydrogen-bond donors (Lipinski definition) is 0. The Morgan fingerprint density at radius 3 is 3.00 bits per heavy atom. The first-order valence-corrected chi connectivity index (χ1v) is 5.00. The van der Waals surface area contributed by atoms with Gasteiger partial charge in [0.1, 0.15) is 6.33 Å². The molecule has 2 aromatic rings. The van der Waals surface area contributed by atoms with Gasteiger partial charge in [-0.25, -0.2) is 0 Å². The third kappa shape index (κ3) is 1.92. The molecule has 0 saturated heterocycles. The van der Waals surface area contributed by atoms with Gasteiger partial charge < -0.3 is 9.09 Å². The topological polar surface area (TPSA) is 69.6 Å². The summed E-state index contributed by atoms with van der Waals surface area (Å²) >= 11 is 1.51. The van der Waals surface area contributed by atoms with Gasteiger partial charge in [-0.2, -0.15) is 4.98 Å². The predicted molar refractivity (Wildman–Crippen MR) is 49.6 cm³/mol. The van der Waals surface area contributed by atoms with Crippen LogP contribution in [0.1, 0.15) is 11.7 Å². The average molecular weight is 211 g/mol. The molecule has 0 aliphatic carbocycles. The van der Waals surface area contributed by atoms with Gasteiger partial charge in [0.2, 0.25) is 5.89 Å². The molecule has 0 fully saturated rings. The maximum atomic E-state index is 4.96. The van der Waals surface area contributed by atoms with E-state index >= 15 is 0 Å². The van der Waals surface area contributed by atoms with Crippen molar-refractivity contribution >= 4 is 11.8 Å². The van der Waals surface area contributed by atoms with Crippen LogP contribution in [0.3, 0.4) is 0 Å². The smallest absolute Gasteiger partial charge is 0.237 e. The van der Waals surface area contributed by atoms with E-state index in [0.29, 0.717) is 17.5 Å². The number of rotatable bonds is 3. The average Bonchev–Trinajstić information content (AvgIpc) is 2.72. The van der Waals surface area contributed by atoms with Crippen LogP contribution < -0.4 is 0 Å². The standard InChI is InChI=1S/C7H9N5OS/c1-5-9-6(13-11-5)3-14-7-10-8-4-12(7)2/h4H,3H2,1-2H3. The fraction of sp³-hybridized carbons (Fsp3) is 0.429. The molecule has 0 spiro atoms. The third-order valence-corrected chi connectivity index (χ3v) is 2.58. The number of nitrogens with zero attached hydrogens (tertiary/aromatic N) is 5.